The fourth-order valence-electron chi connectivity index (χ4n) is 2.37. The zero-order valence-corrected chi connectivity index (χ0v) is 15.4. The van der Waals surface area contributed by atoms with Gasteiger partial charge in [-0.25, -0.2) is 5.43 Å². The Bertz CT molecular complexity index is 936. The first-order valence-corrected chi connectivity index (χ1v) is 8.58. The zero-order valence-electron chi connectivity index (χ0n) is 14.6. The second kappa shape index (κ2) is 8.91. The molecule has 6 nitrogen and oxygen atoms in total. The summed E-state index contributed by atoms with van der Waals surface area (Å²) < 4.78 is 10.9. The van der Waals surface area contributed by atoms with Crippen molar-refractivity contribution < 1.29 is 13.9 Å². The van der Waals surface area contributed by atoms with Crippen molar-refractivity contribution in [2.24, 2.45) is 5.10 Å². The highest BCUT2D eigenvalue weighted by Gasteiger charge is 2.05. The number of hydrogen-bond donors (Lipinski definition) is 2. The molecule has 0 unspecified atom stereocenters. The van der Waals surface area contributed by atoms with Crippen molar-refractivity contribution >= 4 is 29.4 Å². The number of hydrogen-bond acceptors (Lipinski definition) is 5. The molecule has 0 saturated carbocycles. The van der Waals surface area contributed by atoms with Crippen molar-refractivity contribution in [3.05, 3.63) is 71.4 Å². The summed E-state index contributed by atoms with van der Waals surface area (Å²) in [5, 5.41) is 7.57. The number of nitrogens with zero attached hydrogens (tertiary/aromatic N) is 1. The van der Waals surface area contributed by atoms with Crippen LogP contribution in [0.5, 0.6) is 5.75 Å². The second-order valence-electron chi connectivity index (χ2n) is 5.56. The topological polar surface area (TPSA) is 75.9 Å². The Balaban J connectivity index is 1.51. The molecule has 0 fully saturated rings. The average molecular weight is 384 g/mol. The lowest BCUT2D eigenvalue weighted by molar-refractivity contribution is -0.119. The van der Waals surface area contributed by atoms with E-state index >= 15 is 0 Å². The van der Waals surface area contributed by atoms with Gasteiger partial charge in [0.1, 0.15) is 17.3 Å². The van der Waals surface area contributed by atoms with Crippen LogP contribution in [0.4, 0.5) is 5.69 Å². The molecule has 0 aliphatic heterocycles. The summed E-state index contributed by atoms with van der Waals surface area (Å²) in [4.78, 5) is 11.9. The lowest BCUT2D eigenvalue weighted by Gasteiger charge is -2.09. The van der Waals surface area contributed by atoms with E-state index in [4.69, 9.17) is 20.8 Å². The van der Waals surface area contributed by atoms with Gasteiger partial charge in [0.15, 0.2) is 0 Å². The van der Waals surface area contributed by atoms with E-state index in [1.165, 1.54) is 6.21 Å². The number of rotatable bonds is 7. The van der Waals surface area contributed by atoms with Gasteiger partial charge in [-0.2, -0.15) is 5.10 Å². The predicted octanol–water partition coefficient (Wildman–Crippen LogP) is 4.17. The molecule has 7 heteroatoms. The molecule has 0 atom stereocenters. The predicted molar refractivity (Wildman–Crippen MR) is 106 cm³/mol. The molecule has 1 heterocycles. The number of carbonyl (C=O) groups is 1. The van der Waals surface area contributed by atoms with Crippen molar-refractivity contribution in [1.29, 1.82) is 0 Å². The number of anilines is 1. The fourth-order valence-corrected chi connectivity index (χ4v) is 2.49. The van der Waals surface area contributed by atoms with Gasteiger partial charge in [0.2, 0.25) is 0 Å². The van der Waals surface area contributed by atoms with Crippen molar-refractivity contribution in [2.75, 3.05) is 19.0 Å². The number of furan rings is 1. The minimum absolute atomic E-state index is 0.0614. The second-order valence-corrected chi connectivity index (χ2v) is 5.99. The molecule has 0 radical (unpaired) electrons. The van der Waals surface area contributed by atoms with E-state index < -0.39 is 0 Å². The molecular formula is C20H18ClN3O3. The Labute approximate surface area is 161 Å². The molecule has 27 heavy (non-hydrogen) atoms. The number of methoxy groups -OCH3 is 1. The number of carbonyl (C=O) groups excluding carboxylic acids is 1. The van der Waals surface area contributed by atoms with E-state index in [-0.39, 0.29) is 12.5 Å². The highest BCUT2D eigenvalue weighted by molar-refractivity contribution is 6.30. The maximum atomic E-state index is 11.9. The Morgan fingerprint density at radius 3 is 2.70 bits per heavy atom. The van der Waals surface area contributed by atoms with E-state index in [0.29, 0.717) is 22.3 Å². The minimum Gasteiger partial charge on any atom is -0.495 e. The van der Waals surface area contributed by atoms with Crippen LogP contribution in [0.25, 0.3) is 11.3 Å². The lowest BCUT2D eigenvalue weighted by atomic mass is 10.2. The molecule has 2 N–H and O–H groups in total. The quantitative estimate of drug-likeness (QED) is 0.474. The van der Waals surface area contributed by atoms with Crippen molar-refractivity contribution in [2.45, 2.75) is 0 Å². The van der Waals surface area contributed by atoms with Gasteiger partial charge in [0, 0.05) is 10.6 Å². The Morgan fingerprint density at radius 2 is 1.93 bits per heavy atom. The van der Waals surface area contributed by atoms with Crippen LogP contribution in [0.2, 0.25) is 5.02 Å². The number of amides is 1. The van der Waals surface area contributed by atoms with E-state index in [1.54, 1.807) is 25.3 Å². The Hall–Kier alpha value is -3.25. The summed E-state index contributed by atoms with van der Waals surface area (Å²) >= 11 is 5.88. The molecule has 0 aliphatic carbocycles. The van der Waals surface area contributed by atoms with Gasteiger partial charge in [-0.3, -0.25) is 4.79 Å². The Kier molecular flexibility index (Phi) is 6.12. The third-order valence-corrected chi connectivity index (χ3v) is 3.93. The van der Waals surface area contributed by atoms with Crippen LogP contribution in [0.3, 0.4) is 0 Å². The number of benzene rings is 2. The normalized spacial score (nSPS) is 10.7. The number of nitrogens with one attached hydrogen (secondary N) is 2. The molecule has 0 bridgehead atoms. The van der Waals surface area contributed by atoms with Gasteiger partial charge in [0.25, 0.3) is 5.91 Å². The van der Waals surface area contributed by atoms with Gasteiger partial charge in [-0.15, -0.1) is 0 Å². The lowest BCUT2D eigenvalue weighted by Crippen LogP contribution is -2.26. The van der Waals surface area contributed by atoms with Crippen LogP contribution in [-0.2, 0) is 4.79 Å². The maximum absolute atomic E-state index is 11.9. The van der Waals surface area contributed by atoms with Gasteiger partial charge in [-0.05, 0) is 48.5 Å². The first-order valence-electron chi connectivity index (χ1n) is 8.20. The van der Waals surface area contributed by atoms with Crippen LogP contribution < -0.4 is 15.5 Å². The van der Waals surface area contributed by atoms with E-state index in [2.05, 4.69) is 15.8 Å². The van der Waals surface area contributed by atoms with Gasteiger partial charge < -0.3 is 14.5 Å². The van der Waals surface area contributed by atoms with Crippen molar-refractivity contribution in [1.82, 2.24) is 5.43 Å². The molecule has 1 amide bonds. The smallest absolute Gasteiger partial charge is 0.259 e. The van der Waals surface area contributed by atoms with Gasteiger partial charge in [0.05, 0.1) is 25.6 Å². The maximum Gasteiger partial charge on any atom is 0.259 e. The largest absolute Gasteiger partial charge is 0.495 e. The van der Waals surface area contributed by atoms with E-state index in [1.807, 2.05) is 42.5 Å². The number of halogens is 1. The van der Waals surface area contributed by atoms with Gasteiger partial charge >= 0.3 is 0 Å². The minimum atomic E-state index is -0.290. The number of hydrazone groups is 1. The SMILES string of the molecule is COc1ccccc1NCC(=O)NN=Cc1ccc(-c2ccc(Cl)cc2)o1. The molecule has 3 rings (SSSR count). The summed E-state index contributed by atoms with van der Waals surface area (Å²) in [7, 11) is 1.58. The summed E-state index contributed by atoms with van der Waals surface area (Å²) in [5.41, 5.74) is 4.09. The molecule has 0 saturated heterocycles. The van der Waals surface area contributed by atoms with E-state index in [9.17, 15) is 4.79 Å². The number of ether oxygens (including phenoxy) is 1. The van der Waals surface area contributed by atoms with Crippen LogP contribution in [-0.4, -0.2) is 25.8 Å². The molecule has 1 aromatic heterocycles. The van der Waals surface area contributed by atoms with Crippen LogP contribution >= 0.6 is 11.6 Å². The summed E-state index contributed by atoms with van der Waals surface area (Å²) in [5.74, 6) is 1.59. The van der Waals surface area contributed by atoms with Crippen molar-refractivity contribution in [3.63, 3.8) is 0 Å². The molecule has 3 aromatic rings. The highest BCUT2D eigenvalue weighted by Crippen LogP contribution is 2.23. The molecular weight excluding hydrogens is 366 g/mol. The summed E-state index contributed by atoms with van der Waals surface area (Å²) in [6, 6.07) is 18.3. The molecule has 2 aromatic carbocycles. The first kappa shape index (κ1) is 18.5. The van der Waals surface area contributed by atoms with Crippen LogP contribution in [0, 0.1) is 0 Å². The van der Waals surface area contributed by atoms with Gasteiger partial charge in [-0.1, -0.05) is 23.7 Å². The monoisotopic (exact) mass is 383 g/mol. The molecule has 0 aliphatic rings. The standard InChI is InChI=1S/C20H18ClN3O3/c1-26-19-5-3-2-4-17(19)22-13-20(25)24-23-12-16-10-11-18(27-16)14-6-8-15(21)9-7-14/h2-12,22H,13H2,1H3,(H,24,25). The molecule has 0 spiro atoms. The van der Waals surface area contributed by atoms with E-state index in [0.717, 1.165) is 11.3 Å². The fraction of sp³-hybridized carbons (Fsp3) is 0.100. The van der Waals surface area contributed by atoms with Crippen LogP contribution in [0.1, 0.15) is 5.76 Å². The number of para-hydroxylation sites is 2. The zero-order chi connectivity index (χ0) is 19.1. The highest BCUT2D eigenvalue weighted by atomic mass is 35.5. The third-order valence-electron chi connectivity index (χ3n) is 3.68. The average Bonchev–Trinajstić information content (AvgIpc) is 3.16. The Morgan fingerprint density at radius 1 is 1.15 bits per heavy atom. The van der Waals surface area contributed by atoms with Crippen LogP contribution in [0.15, 0.2) is 70.2 Å². The van der Waals surface area contributed by atoms with Crippen molar-refractivity contribution in [3.8, 4) is 17.1 Å². The third kappa shape index (κ3) is 5.12. The molecule has 138 valence electrons. The first-order chi connectivity index (χ1) is 13.2. The summed E-state index contributed by atoms with van der Waals surface area (Å²) in [6.07, 6.45) is 1.44. The summed E-state index contributed by atoms with van der Waals surface area (Å²) in [6.45, 7) is 0.0614.